The lowest BCUT2D eigenvalue weighted by atomic mass is 10.1. The molecule has 19 heavy (non-hydrogen) atoms. The van der Waals surface area contributed by atoms with Crippen molar-refractivity contribution in [3.63, 3.8) is 0 Å². The van der Waals surface area contributed by atoms with E-state index in [1.165, 1.54) is 0 Å². The fourth-order valence-electron chi connectivity index (χ4n) is 2.33. The molecular weight excluding hydrogens is 244 g/mol. The van der Waals surface area contributed by atoms with Crippen molar-refractivity contribution in [2.24, 2.45) is 0 Å². The maximum Gasteiger partial charge on any atom is 0.124 e. The van der Waals surface area contributed by atoms with E-state index < -0.39 is 0 Å². The van der Waals surface area contributed by atoms with Gasteiger partial charge in [-0.2, -0.15) is 0 Å². The molecule has 1 fully saturated rings. The SMILES string of the molecule is COCC(OC1CCOCC1)c1ccccc1OC. The second-order valence-corrected chi connectivity index (χ2v) is 4.63. The van der Waals surface area contributed by atoms with Crippen molar-refractivity contribution in [2.75, 3.05) is 34.0 Å². The van der Waals surface area contributed by atoms with Gasteiger partial charge in [0.15, 0.2) is 0 Å². The predicted octanol–water partition coefficient (Wildman–Crippen LogP) is 2.58. The molecule has 4 nitrogen and oxygen atoms in total. The van der Waals surface area contributed by atoms with Gasteiger partial charge in [-0.1, -0.05) is 18.2 Å². The van der Waals surface area contributed by atoms with E-state index in [9.17, 15) is 0 Å². The Hall–Kier alpha value is -1.10. The minimum atomic E-state index is -0.0933. The summed E-state index contributed by atoms with van der Waals surface area (Å²) in [7, 11) is 3.37. The molecule has 1 saturated heterocycles. The monoisotopic (exact) mass is 266 g/mol. The summed E-state index contributed by atoms with van der Waals surface area (Å²) in [6.45, 7) is 2.07. The number of para-hydroxylation sites is 1. The number of ether oxygens (including phenoxy) is 4. The van der Waals surface area contributed by atoms with Crippen LogP contribution in [0.3, 0.4) is 0 Å². The smallest absolute Gasteiger partial charge is 0.124 e. The van der Waals surface area contributed by atoms with Crippen molar-refractivity contribution in [3.8, 4) is 5.75 Å². The van der Waals surface area contributed by atoms with Crippen LogP contribution >= 0.6 is 0 Å². The van der Waals surface area contributed by atoms with Gasteiger partial charge in [-0.25, -0.2) is 0 Å². The molecule has 0 amide bonds. The first kappa shape index (κ1) is 14.3. The molecule has 0 radical (unpaired) electrons. The van der Waals surface area contributed by atoms with Gasteiger partial charge in [0.05, 0.1) is 19.8 Å². The van der Waals surface area contributed by atoms with E-state index in [4.69, 9.17) is 18.9 Å². The molecule has 2 rings (SSSR count). The Kier molecular flexibility index (Phi) is 5.63. The van der Waals surface area contributed by atoms with Gasteiger partial charge in [0.2, 0.25) is 0 Å². The van der Waals surface area contributed by atoms with Crippen LogP contribution in [0.15, 0.2) is 24.3 Å². The quantitative estimate of drug-likeness (QED) is 0.793. The summed E-state index contributed by atoms with van der Waals surface area (Å²) in [4.78, 5) is 0. The van der Waals surface area contributed by atoms with E-state index >= 15 is 0 Å². The minimum absolute atomic E-state index is 0.0933. The largest absolute Gasteiger partial charge is 0.496 e. The third kappa shape index (κ3) is 3.93. The van der Waals surface area contributed by atoms with E-state index in [0.29, 0.717) is 6.61 Å². The lowest BCUT2D eigenvalue weighted by Crippen LogP contribution is -2.27. The van der Waals surface area contributed by atoms with Crippen molar-refractivity contribution >= 4 is 0 Å². The van der Waals surface area contributed by atoms with Crippen LogP contribution < -0.4 is 4.74 Å². The van der Waals surface area contributed by atoms with Gasteiger partial charge in [-0.15, -0.1) is 0 Å². The van der Waals surface area contributed by atoms with E-state index in [1.807, 2.05) is 24.3 Å². The maximum atomic E-state index is 6.18. The average molecular weight is 266 g/mol. The van der Waals surface area contributed by atoms with E-state index in [2.05, 4.69) is 0 Å². The molecule has 1 unspecified atom stereocenters. The van der Waals surface area contributed by atoms with Gasteiger partial charge >= 0.3 is 0 Å². The van der Waals surface area contributed by atoms with Gasteiger partial charge < -0.3 is 18.9 Å². The Morgan fingerprint density at radius 2 is 1.95 bits per heavy atom. The van der Waals surface area contributed by atoms with E-state index in [-0.39, 0.29) is 12.2 Å². The maximum absolute atomic E-state index is 6.18. The molecule has 1 aromatic rings. The number of methoxy groups -OCH3 is 2. The molecule has 1 atom stereocenters. The number of hydrogen-bond acceptors (Lipinski definition) is 4. The topological polar surface area (TPSA) is 36.9 Å². The highest BCUT2D eigenvalue weighted by Crippen LogP contribution is 2.30. The third-order valence-corrected chi connectivity index (χ3v) is 3.33. The first-order valence-corrected chi connectivity index (χ1v) is 6.70. The Bertz CT molecular complexity index is 374. The van der Waals surface area contributed by atoms with Gasteiger partial charge in [-0.05, 0) is 18.9 Å². The Morgan fingerprint density at radius 3 is 2.63 bits per heavy atom. The lowest BCUT2D eigenvalue weighted by Gasteiger charge is -2.28. The lowest BCUT2D eigenvalue weighted by molar-refractivity contribution is -0.0903. The molecule has 0 N–H and O–H groups in total. The molecule has 0 bridgehead atoms. The second kappa shape index (κ2) is 7.48. The van der Waals surface area contributed by atoms with Crippen LogP contribution in [0, 0.1) is 0 Å². The van der Waals surface area contributed by atoms with Crippen molar-refractivity contribution < 1.29 is 18.9 Å². The molecule has 1 aromatic carbocycles. The zero-order chi connectivity index (χ0) is 13.5. The van der Waals surface area contributed by atoms with E-state index in [1.54, 1.807) is 14.2 Å². The van der Waals surface area contributed by atoms with Crippen LogP contribution in [-0.4, -0.2) is 40.1 Å². The summed E-state index contributed by atoms with van der Waals surface area (Å²) in [5, 5.41) is 0. The first-order chi connectivity index (χ1) is 9.35. The standard InChI is InChI=1S/C15H22O4/c1-16-11-15(19-12-7-9-18-10-8-12)13-5-3-4-6-14(13)17-2/h3-6,12,15H,7-11H2,1-2H3. The van der Waals surface area contributed by atoms with Crippen molar-refractivity contribution in [1.29, 1.82) is 0 Å². The van der Waals surface area contributed by atoms with Crippen molar-refractivity contribution in [1.82, 2.24) is 0 Å². The zero-order valence-corrected chi connectivity index (χ0v) is 11.6. The molecule has 0 saturated carbocycles. The molecule has 0 aromatic heterocycles. The highest BCUT2D eigenvalue weighted by Gasteiger charge is 2.23. The molecule has 1 aliphatic rings. The highest BCUT2D eigenvalue weighted by molar-refractivity contribution is 5.35. The summed E-state index contributed by atoms with van der Waals surface area (Å²) in [5.74, 6) is 0.844. The summed E-state index contributed by atoms with van der Waals surface area (Å²) in [6.07, 6.45) is 2.02. The zero-order valence-electron chi connectivity index (χ0n) is 11.6. The van der Waals surface area contributed by atoms with Crippen LogP contribution in [-0.2, 0) is 14.2 Å². The van der Waals surface area contributed by atoms with Crippen LogP contribution in [0.1, 0.15) is 24.5 Å². The van der Waals surface area contributed by atoms with Gasteiger partial charge in [0, 0.05) is 25.9 Å². The number of rotatable bonds is 6. The van der Waals surface area contributed by atoms with Crippen LogP contribution in [0.25, 0.3) is 0 Å². The molecule has 1 aliphatic heterocycles. The summed E-state index contributed by atoms with van der Waals surface area (Å²) in [5.41, 5.74) is 1.04. The first-order valence-electron chi connectivity index (χ1n) is 6.70. The normalized spacial score (nSPS) is 18.2. The highest BCUT2D eigenvalue weighted by atomic mass is 16.5. The van der Waals surface area contributed by atoms with Gasteiger partial charge in [0.25, 0.3) is 0 Å². The predicted molar refractivity (Wildman–Crippen MR) is 72.5 cm³/mol. The van der Waals surface area contributed by atoms with Crippen molar-refractivity contribution in [2.45, 2.75) is 25.0 Å². The van der Waals surface area contributed by atoms with Gasteiger partial charge in [-0.3, -0.25) is 0 Å². The average Bonchev–Trinajstić information content (AvgIpc) is 2.48. The second-order valence-electron chi connectivity index (χ2n) is 4.63. The molecule has 0 aliphatic carbocycles. The van der Waals surface area contributed by atoms with Gasteiger partial charge in [0.1, 0.15) is 11.9 Å². The Labute approximate surface area is 114 Å². The fourth-order valence-corrected chi connectivity index (χ4v) is 2.33. The molecule has 1 heterocycles. The van der Waals surface area contributed by atoms with E-state index in [0.717, 1.165) is 37.4 Å². The Balaban J connectivity index is 2.09. The minimum Gasteiger partial charge on any atom is -0.496 e. The van der Waals surface area contributed by atoms with Crippen molar-refractivity contribution in [3.05, 3.63) is 29.8 Å². The summed E-state index contributed by atoms with van der Waals surface area (Å²) < 4.78 is 22.2. The molecule has 106 valence electrons. The Morgan fingerprint density at radius 1 is 1.21 bits per heavy atom. The number of benzene rings is 1. The summed E-state index contributed by atoms with van der Waals surface area (Å²) >= 11 is 0. The molecule has 4 heteroatoms. The molecule has 0 spiro atoms. The fraction of sp³-hybridized carbons (Fsp3) is 0.600. The summed E-state index contributed by atoms with van der Waals surface area (Å²) in [6, 6.07) is 7.93. The molecular formula is C15H22O4. The van der Waals surface area contributed by atoms with Crippen LogP contribution in [0.4, 0.5) is 0 Å². The third-order valence-electron chi connectivity index (χ3n) is 3.33. The van der Waals surface area contributed by atoms with Crippen LogP contribution in [0.2, 0.25) is 0 Å². The number of hydrogen-bond donors (Lipinski definition) is 0. The van der Waals surface area contributed by atoms with Crippen LogP contribution in [0.5, 0.6) is 5.75 Å².